The van der Waals surface area contributed by atoms with Gasteiger partial charge in [-0.25, -0.2) is 4.39 Å². The smallest absolute Gasteiger partial charge is 0.131 e. The van der Waals surface area contributed by atoms with Gasteiger partial charge >= 0.3 is 0 Å². The predicted molar refractivity (Wildman–Crippen MR) is 106 cm³/mol. The summed E-state index contributed by atoms with van der Waals surface area (Å²) in [7, 11) is 4.34. The first-order valence-electron chi connectivity index (χ1n) is 9.37. The molecule has 140 valence electrons. The fourth-order valence-electron chi connectivity index (χ4n) is 4.10. The number of likely N-dealkylation sites (N-methyl/N-ethyl adjacent to an activating group) is 2. The van der Waals surface area contributed by atoms with Crippen molar-refractivity contribution < 1.29 is 4.39 Å². The van der Waals surface area contributed by atoms with E-state index in [0.717, 1.165) is 36.2 Å². The minimum atomic E-state index is -0.194. The van der Waals surface area contributed by atoms with Gasteiger partial charge in [0.05, 0.1) is 12.2 Å². The fraction of sp³-hybridized carbons (Fsp3) is 0.318. The third kappa shape index (κ3) is 3.66. The molecule has 4 nitrogen and oxygen atoms in total. The van der Waals surface area contributed by atoms with E-state index in [-0.39, 0.29) is 11.9 Å². The summed E-state index contributed by atoms with van der Waals surface area (Å²) in [6.45, 7) is 2.17. The van der Waals surface area contributed by atoms with Crippen LogP contribution in [0.4, 0.5) is 4.39 Å². The average Bonchev–Trinajstić information content (AvgIpc) is 3.35. The summed E-state index contributed by atoms with van der Waals surface area (Å²) in [4.78, 5) is 4.79. The topological polar surface area (TPSA) is 35.2 Å². The van der Waals surface area contributed by atoms with E-state index in [9.17, 15) is 4.39 Å². The first kappa shape index (κ1) is 17.9. The third-order valence-corrected chi connectivity index (χ3v) is 5.57. The van der Waals surface area contributed by atoms with E-state index in [0.29, 0.717) is 11.6 Å². The highest BCUT2D eigenvalue weighted by Crippen LogP contribution is 2.33. The zero-order valence-corrected chi connectivity index (χ0v) is 15.8. The van der Waals surface area contributed by atoms with Gasteiger partial charge in [0.15, 0.2) is 0 Å². The van der Waals surface area contributed by atoms with Crippen LogP contribution >= 0.6 is 0 Å². The first-order chi connectivity index (χ1) is 13.1. The largest absolute Gasteiger partial charge is 0.305 e. The molecule has 3 aromatic rings. The molecule has 1 aromatic heterocycles. The second-order valence-electron chi connectivity index (χ2n) is 7.41. The van der Waals surface area contributed by atoms with Gasteiger partial charge in [0, 0.05) is 29.9 Å². The van der Waals surface area contributed by atoms with Crippen LogP contribution < -0.4 is 0 Å². The lowest BCUT2D eigenvalue weighted by molar-refractivity contribution is 0.200. The lowest BCUT2D eigenvalue weighted by atomic mass is 9.94. The molecule has 0 amide bonds. The molecule has 2 unspecified atom stereocenters. The second kappa shape index (κ2) is 7.62. The van der Waals surface area contributed by atoms with E-state index >= 15 is 0 Å². The van der Waals surface area contributed by atoms with Crippen molar-refractivity contribution in [1.29, 1.82) is 0 Å². The second-order valence-corrected chi connectivity index (χ2v) is 7.41. The average molecular weight is 364 g/mol. The molecule has 2 heterocycles. The number of nitrogens with zero attached hydrogens (tertiary/aromatic N) is 3. The van der Waals surface area contributed by atoms with Gasteiger partial charge in [-0.2, -0.15) is 5.10 Å². The van der Waals surface area contributed by atoms with E-state index in [4.69, 9.17) is 0 Å². The minimum Gasteiger partial charge on any atom is -0.305 e. The van der Waals surface area contributed by atoms with E-state index in [1.165, 1.54) is 6.07 Å². The highest BCUT2D eigenvalue weighted by molar-refractivity contribution is 5.65. The number of halogens is 1. The normalized spacial score (nSPS) is 18.9. The van der Waals surface area contributed by atoms with Crippen LogP contribution in [-0.2, 0) is 0 Å². The summed E-state index contributed by atoms with van der Waals surface area (Å²) in [5, 5.41) is 7.11. The van der Waals surface area contributed by atoms with Gasteiger partial charge in [0.1, 0.15) is 5.82 Å². The van der Waals surface area contributed by atoms with Gasteiger partial charge in [0.25, 0.3) is 0 Å². The Hall–Kier alpha value is -2.50. The number of aromatic nitrogens is 2. The van der Waals surface area contributed by atoms with Crippen molar-refractivity contribution in [3.05, 3.63) is 77.9 Å². The van der Waals surface area contributed by atoms with Crippen LogP contribution in [0.25, 0.3) is 11.1 Å². The van der Waals surface area contributed by atoms with Gasteiger partial charge in [0.2, 0.25) is 0 Å². The third-order valence-electron chi connectivity index (χ3n) is 5.57. The monoisotopic (exact) mass is 364 g/mol. The summed E-state index contributed by atoms with van der Waals surface area (Å²) in [6, 6.07) is 15.7. The van der Waals surface area contributed by atoms with Crippen molar-refractivity contribution in [2.75, 3.05) is 27.2 Å². The van der Waals surface area contributed by atoms with Crippen LogP contribution in [-0.4, -0.2) is 53.2 Å². The molecule has 5 heteroatoms. The number of aromatic amines is 1. The molecule has 0 spiro atoms. The van der Waals surface area contributed by atoms with Crippen LogP contribution in [0.3, 0.4) is 0 Å². The van der Waals surface area contributed by atoms with E-state index < -0.39 is 0 Å². The number of rotatable bonds is 5. The Morgan fingerprint density at radius 1 is 1.19 bits per heavy atom. The maximum Gasteiger partial charge on any atom is 0.131 e. The van der Waals surface area contributed by atoms with Crippen LogP contribution in [0.1, 0.15) is 23.6 Å². The Labute approximate surface area is 159 Å². The molecule has 1 saturated heterocycles. The molecule has 0 radical (unpaired) electrons. The van der Waals surface area contributed by atoms with Crippen molar-refractivity contribution in [3.8, 4) is 11.1 Å². The molecule has 0 bridgehead atoms. The predicted octanol–water partition coefficient (Wildman–Crippen LogP) is 3.94. The number of likely N-dealkylation sites (tertiary alicyclic amines) is 1. The molecular weight excluding hydrogens is 339 g/mol. The lowest BCUT2D eigenvalue weighted by Crippen LogP contribution is -2.37. The van der Waals surface area contributed by atoms with E-state index in [1.807, 2.05) is 36.7 Å². The summed E-state index contributed by atoms with van der Waals surface area (Å²) < 4.78 is 14.3. The molecule has 2 aromatic carbocycles. The molecule has 27 heavy (non-hydrogen) atoms. The standard InChI is InChI=1S/C22H25FN4/c1-26-11-10-19(15-26)27(2)22(18-13-24-25-14-18)17-7-5-6-16(12-17)20-8-3-4-9-21(20)23/h3-9,12-14,19,22H,10-11,15H2,1-2H3,(H,24,25). The number of hydrogen-bond acceptors (Lipinski definition) is 3. The zero-order valence-electron chi connectivity index (χ0n) is 15.8. The number of H-pyrrole nitrogens is 1. The van der Waals surface area contributed by atoms with Gasteiger partial charge in [-0.15, -0.1) is 0 Å². The van der Waals surface area contributed by atoms with Gasteiger partial charge in [-0.3, -0.25) is 10.00 Å². The molecular formula is C22H25FN4. The lowest BCUT2D eigenvalue weighted by Gasteiger charge is -2.33. The summed E-state index contributed by atoms with van der Waals surface area (Å²) >= 11 is 0. The molecule has 0 aliphatic carbocycles. The number of nitrogens with one attached hydrogen (secondary N) is 1. The zero-order chi connectivity index (χ0) is 18.8. The molecule has 1 fully saturated rings. The number of hydrogen-bond donors (Lipinski definition) is 1. The molecule has 1 N–H and O–H groups in total. The van der Waals surface area contributed by atoms with Crippen molar-refractivity contribution in [2.45, 2.75) is 18.5 Å². The van der Waals surface area contributed by atoms with Crippen LogP contribution in [0.2, 0.25) is 0 Å². The SMILES string of the molecule is CN1CCC(N(C)C(c2cn[nH]c2)c2cccc(-c3ccccc3F)c2)C1. The van der Waals surface area contributed by atoms with Gasteiger partial charge in [-0.1, -0.05) is 36.4 Å². The van der Waals surface area contributed by atoms with Crippen molar-refractivity contribution in [1.82, 2.24) is 20.0 Å². The summed E-state index contributed by atoms with van der Waals surface area (Å²) in [6.07, 6.45) is 4.99. The molecule has 1 aliphatic rings. The molecule has 1 aliphatic heterocycles. The Kier molecular flexibility index (Phi) is 5.05. The fourth-order valence-corrected chi connectivity index (χ4v) is 4.10. The van der Waals surface area contributed by atoms with Crippen LogP contribution in [0.5, 0.6) is 0 Å². The Balaban J connectivity index is 1.73. The van der Waals surface area contributed by atoms with E-state index in [2.05, 4.69) is 46.2 Å². The highest BCUT2D eigenvalue weighted by Gasteiger charge is 2.30. The van der Waals surface area contributed by atoms with Crippen LogP contribution in [0.15, 0.2) is 60.9 Å². The van der Waals surface area contributed by atoms with Gasteiger partial charge in [-0.05, 0) is 50.3 Å². The Bertz CT molecular complexity index is 893. The van der Waals surface area contributed by atoms with Crippen molar-refractivity contribution in [2.24, 2.45) is 0 Å². The Morgan fingerprint density at radius 3 is 2.74 bits per heavy atom. The first-order valence-corrected chi connectivity index (χ1v) is 9.37. The molecule has 0 saturated carbocycles. The summed E-state index contributed by atoms with van der Waals surface area (Å²) in [5.41, 5.74) is 3.80. The van der Waals surface area contributed by atoms with Crippen molar-refractivity contribution >= 4 is 0 Å². The number of benzene rings is 2. The molecule has 4 rings (SSSR count). The van der Waals surface area contributed by atoms with Crippen molar-refractivity contribution in [3.63, 3.8) is 0 Å². The maximum absolute atomic E-state index is 14.3. The highest BCUT2D eigenvalue weighted by atomic mass is 19.1. The Morgan fingerprint density at radius 2 is 2.04 bits per heavy atom. The van der Waals surface area contributed by atoms with Gasteiger partial charge < -0.3 is 4.90 Å². The van der Waals surface area contributed by atoms with Crippen LogP contribution in [0, 0.1) is 5.82 Å². The maximum atomic E-state index is 14.3. The summed E-state index contributed by atoms with van der Waals surface area (Å²) in [5.74, 6) is -0.194. The minimum absolute atomic E-state index is 0.0759. The molecule has 2 atom stereocenters. The van der Waals surface area contributed by atoms with E-state index in [1.54, 1.807) is 6.07 Å². The quantitative estimate of drug-likeness (QED) is 0.745.